The lowest BCUT2D eigenvalue weighted by molar-refractivity contribution is -0.135. The summed E-state index contributed by atoms with van der Waals surface area (Å²) in [5.74, 6) is -0.304. The number of amides is 1. The number of hydrogen-bond acceptors (Lipinski definition) is 6. The molecule has 0 fully saturated rings. The normalized spacial score (nSPS) is 11.6. The molecule has 156 valence electrons. The predicted octanol–water partition coefficient (Wildman–Crippen LogP) is 4.41. The SMILES string of the molecule is Cc1nc(COc2cccc(C(=O)OCC(=O)N(C)C(C)c3ccccc3)c2)cs1. The van der Waals surface area contributed by atoms with Crippen molar-refractivity contribution in [1.82, 2.24) is 9.88 Å². The predicted molar refractivity (Wildman–Crippen MR) is 116 cm³/mol. The molecular weight excluding hydrogens is 400 g/mol. The van der Waals surface area contributed by atoms with Crippen molar-refractivity contribution in [2.24, 2.45) is 0 Å². The van der Waals surface area contributed by atoms with E-state index in [0.29, 0.717) is 17.9 Å². The van der Waals surface area contributed by atoms with Crippen molar-refractivity contribution in [1.29, 1.82) is 0 Å². The van der Waals surface area contributed by atoms with Crippen molar-refractivity contribution in [2.75, 3.05) is 13.7 Å². The van der Waals surface area contributed by atoms with Crippen molar-refractivity contribution >= 4 is 23.2 Å². The Balaban J connectivity index is 1.53. The first-order chi connectivity index (χ1) is 14.4. The molecule has 30 heavy (non-hydrogen) atoms. The zero-order valence-electron chi connectivity index (χ0n) is 17.2. The standard InChI is InChI=1S/C23H24N2O4S/c1-16(18-8-5-4-6-9-18)25(3)22(26)14-29-23(27)19-10-7-11-21(12-19)28-13-20-15-30-17(2)24-20/h4-12,15-16H,13-14H2,1-3H3. The van der Waals surface area contributed by atoms with E-state index in [1.54, 1.807) is 47.5 Å². The van der Waals surface area contributed by atoms with E-state index in [0.717, 1.165) is 16.3 Å². The van der Waals surface area contributed by atoms with Crippen LogP contribution in [0.1, 0.15) is 39.6 Å². The third-order valence-corrected chi connectivity index (χ3v) is 5.53. The van der Waals surface area contributed by atoms with Crippen molar-refractivity contribution in [3.63, 3.8) is 0 Å². The summed E-state index contributed by atoms with van der Waals surface area (Å²) in [6.07, 6.45) is 0. The third kappa shape index (κ3) is 5.67. The molecule has 0 spiro atoms. The van der Waals surface area contributed by atoms with Crippen LogP contribution in [0.4, 0.5) is 0 Å². The number of esters is 1. The minimum Gasteiger partial charge on any atom is -0.487 e. The molecule has 0 bridgehead atoms. The summed E-state index contributed by atoms with van der Waals surface area (Å²) in [6.45, 7) is 3.86. The first-order valence-electron chi connectivity index (χ1n) is 9.55. The maximum absolute atomic E-state index is 12.4. The molecule has 1 amide bonds. The zero-order valence-corrected chi connectivity index (χ0v) is 18.0. The van der Waals surface area contributed by atoms with Crippen LogP contribution in [0.15, 0.2) is 60.0 Å². The summed E-state index contributed by atoms with van der Waals surface area (Å²) in [6, 6.07) is 16.3. The minimum absolute atomic E-state index is 0.122. The van der Waals surface area contributed by atoms with Gasteiger partial charge in [0, 0.05) is 12.4 Å². The van der Waals surface area contributed by atoms with Gasteiger partial charge in [-0.15, -0.1) is 11.3 Å². The molecule has 1 heterocycles. The number of carbonyl (C=O) groups excluding carboxylic acids is 2. The van der Waals surface area contributed by atoms with Gasteiger partial charge in [0.05, 0.1) is 22.3 Å². The Kier molecular flexibility index (Phi) is 7.19. The fraction of sp³-hybridized carbons (Fsp3) is 0.261. The second-order valence-electron chi connectivity index (χ2n) is 6.84. The van der Waals surface area contributed by atoms with Crippen molar-refractivity contribution in [2.45, 2.75) is 26.5 Å². The van der Waals surface area contributed by atoms with Crippen LogP contribution < -0.4 is 4.74 Å². The highest BCUT2D eigenvalue weighted by molar-refractivity contribution is 7.09. The van der Waals surface area contributed by atoms with Gasteiger partial charge in [-0.1, -0.05) is 36.4 Å². The van der Waals surface area contributed by atoms with Crippen LogP contribution in [0.3, 0.4) is 0 Å². The molecule has 3 aromatic rings. The second kappa shape index (κ2) is 10.0. The fourth-order valence-electron chi connectivity index (χ4n) is 2.83. The number of likely N-dealkylation sites (N-methyl/N-ethyl adjacent to an activating group) is 1. The summed E-state index contributed by atoms with van der Waals surface area (Å²) < 4.78 is 10.9. The monoisotopic (exact) mass is 424 g/mol. The average molecular weight is 425 g/mol. The van der Waals surface area contributed by atoms with Crippen LogP contribution in [0.25, 0.3) is 0 Å². The number of carbonyl (C=O) groups is 2. The van der Waals surface area contributed by atoms with Crippen LogP contribution in [0.2, 0.25) is 0 Å². The van der Waals surface area contributed by atoms with Gasteiger partial charge in [-0.25, -0.2) is 9.78 Å². The van der Waals surface area contributed by atoms with E-state index < -0.39 is 5.97 Å². The molecule has 1 aromatic heterocycles. The molecule has 7 heteroatoms. The van der Waals surface area contributed by atoms with E-state index in [2.05, 4.69) is 4.98 Å². The highest BCUT2D eigenvalue weighted by atomic mass is 32.1. The largest absolute Gasteiger partial charge is 0.487 e. The Morgan fingerprint density at radius 2 is 1.90 bits per heavy atom. The number of benzene rings is 2. The lowest BCUT2D eigenvalue weighted by atomic mass is 10.1. The molecule has 6 nitrogen and oxygen atoms in total. The molecule has 1 atom stereocenters. The Morgan fingerprint density at radius 1 is 1.13 bits per heavy atom. The Hall–Kier alpha value is -3.19. The number of nitrogens with zero attached hydrogens (tertiary/aromatic N) is 2. The van der Waals surface area contributed by atoms with Gasteiger partial charge in [-0.05, 0) is 37.6 Å². The molecule has 0 radical (unpaired) electrons. The van der Waals surface area contributed by atoms with Crippen LogP contribution in [0.5, 0.6) is 5.75 Å². The van der Waals surface area contributed by atoms with Gasteiger partial charge < -0.3 is 14.4 Å². The van der Waals surface area contributed by atoms with Gasteiger partial charge >= 0.3 is 5.97 Å². The maximum Gasteiger partial charge on any atom is 0.338 e. The summed E-state index contributed by atoms with van der Waals surface area (Å²) in [4.78, 5) is 30.7. The molecule has 0 aliphatic rings. The average Bonchev–Trinajstić information content (AvgIpc) is 3.20. The summed E-state index contributed by atoms with van der Waals surface area (Å²) in [5.41, 5.74) is 2.18. The Morgan fingerprint density at radius 3 is 2.60 bits per heavy atom. The highest BCUT2D eigenvalue weighted by Crippen LogP contribution is 2.19. The molecule has 0 aliphatic heterocycles. The smallest absolute Gasteiger partial charge is 0.338 e. The summed E-state index contributed by atoms with van der Waals surface area (Å²) >= 11 is 1.56. The fourth-order valence-corrected chi connectivity index (χ4v) is 3.43. The Bertz CT molecular complexity index is 1000. The number of hydrogen-bond donors (Lipinski definition) is 0. The lowest BCUT2D eigenvalue weighted by Crippen LogP contribution is -2.33. The molecule has 0 saturated heterocycles. The topological polar surface area (TPSA) is 68.7 Å². The number of ether oxygens (including phenoxy) is 2. The van der Waals surface area contributed by atoms with E-state index in [-0.39, 0.29) is 18.6 Å². The minimum atomic E-state index is -0.570. The molecule has 2 aromatic carbocycles. The van der Waals surface area contributed by atoms with E-state index in [4.69, 9.17) is 9.47 Å². The summed E-state index contributed by atoms with van der Waals surface area (Å²) in [5, 5.41) is 2.91. The number of rotatable bonds is 8. The van der Waals surface area contributed by atoms with Gasteiger partial charge in [-0.3, -0.25) is 4.79 Å². The van der Waals surface area contributed by atoms with E-state index in [1.807, 2.05) is 49.6 Å². The van der Waals surface area contributed by atoms with Crippen LogP contribution in [0, 0.1) is 6.92 Å². The quantitative estimate of drug-likeness (QED) is 0.501. The van der Waals surface area contributed by atoms with Crippen LogP contribution in [-0.2, 0) is 16.1 Å². The molecule has 0 aliphatic carbocycles. The van der Waals surface area contributed by atoms with Gasteiger partial charge in [0.2, 0.25) is 0 Å². The molecule has 0 N–H and O–H groups in total. The van der Waals surface area contributed by atoms with Gasteiger partial charge in [0.15, 0.2) is 6.61 Å². The van der Waals surface area contributed by atoms with E-state index >= 15 is 0 Å². The number of thiazole rings is 1. The van der Waals surface area contributed by atoms with Crippen LogP contribution in [-0.4, -0.2) is 35.4 Å². The lowest BCUT2D eigenvalue weighted by Gasteiger charge is -2.25. The highest BCUT2D eigenvalue weighted by Gasteiger charge is 2.19. The molecule has 0 saturated carbocycles. The number of aryl methyl sites for hydroxylation is 1. The summed E-state index contributed by atoms with van der Waals surface area (Å²) in [7, 11) is 1.70. The zero-order chi connectivity index (χ0) is 21.5. The Labute approximate surface area is 180 Å². The first kappa shape index (κ1) is 21.5. The van der Waals surface area contributed by atoms with E-state index in [1.165, 1.54) is 0 Å². The number of aromatic nitrogens is 1. The van der Waals surface area contributed by atoms with Gasteiger partial charge in [0.1, 0.15) is 12.4 Å². The third-order valence-electron chi connectivity index (χ3n) is 4.71. The van der Waals surface area contributed by atoms with Crippen molar-refractivity contribution in [3.05, 3.63) is 81.8 Å². The van der Waals surface area contributed by atoms with Crippen molar-refractivity contribution in [3.8, 4) is 5.75 Å². The van der Waals surface area contributed by atoms with E-state index in [9.17, 15) is 9.59 Å². The van der Waals surface area contributed by atoms with Crippen LogP contribution >= 0.6 is 11.3 Å². The van der Waals surface area contributed by atoms with Gasteiger partial charge in [0.25, 0.3) is 5.91 Å². The molecular formula is C23H24N2O4S. The maximum atomic E-state index is 12.4. The molecule has 3 rings (SSSR count). The second-order valence-corrected chi connectivity index (χ2v) is 7.90. The molecule has 1 unspecified atom stereocenters. The van der Waals surface area contributed by atoms with Crippen molar-refractivity contribution < 1.29 is 19.1 Å². The first-order valence-corrected chi connectivity index (χ1v) is 10.4. The van der Waals surface area contributed by atoms with Gasteiger partial charge in [-0.2, -0.15) is 0 Å².